The van der Waals surface area contributed by atoms with Crippen LogP contribution in [-0.4, -0.2) is 16.0 Å². The van der Waals surface area contributed by atoms with Gasteiger partial charge in [0.2, 0.25) is 0 Å². The van der Waals surface area contributed by atoms with E-state index in [1.54, 1.807) is 0 Å². The normalized spacial score (nSPS) is 24.6. The third-order valence-electron chi connectivity index (χ3n) is 2.59. The lowest BCUT2D eigenvalue weighted by atomic mass is 10.2. The zero-order valence-electron chi connectivity index (χ0n) is 8.29. The van der Waals surface area contributed by atoms with Crippen molar-refractivity contribution in [2.45, 2.75) is 32.2 Å². The van der Waals surface area contributed by atoms with Crippen LogP contribution < -0.4 is 10.9 Å². The summed E-state index contributed by atoms with van der Waals surface area (Å²) in [5, 5.41) is 3.26. The first kappa shape index (κ1) is 9.24. The Morgan fingerprint density at radius 2 is 2.57 bits per heavy atom. The number of nitrogens with one attached hydrogen (secondary N) is 2. The summed E-state index contributed by atoms with van der Waals surface area (Å²) in [6.45, 7) is 2.20. The summed E-state index contributed by atoms with van der Waals surface area (Å²) in [5.41, 5.74) is -0.102. The molecular weight excluding hydrogens is 178 g/mol. The van der Waals surface area contributed by atoms with Gasteiger partial charge in [-0.2, -0.15) is 0 Å². The number of nitrogens with zero attached hydrogens (tertiary/aromatic N) is 1. The topological polar surface area (TPSA) is 57.8 Å². The monoisotopic (exact) mass is 193 g/mol. The third-order valence-corrected chi connectivity index (χ3v) is 2.59. The SMILES string of the molecule is CCCC1CC1Nc1cc(=O)[nH]cn1. The molecule has 0 bridgehead atoms. The van der Waals surface area contributed by atoms with E-state index in [1.165, 1.54) is 31.7 Å². The Hall–Kier alpha value is -1.32. The maximum Gasteiger partial charge on any atom is 0.252 e. The molecule has 1 heterocycles. The van der Waals surface area contributed by atoms with Crippen LogP contribution in [0.4, 0.5) is 5.82 Å². The molecule has 0 saturated heterocycles. The van der Waals surface area contributed by atoms with Crippen molar-refractivity contribution in [1.29, 1.82) is 0 Å². The van der Waals surface area contributed by atoms with Gasteiger partial charge >= 0.3 is 0 Å². The zero-order valence-corrected chi connectivity index (χ0v) is 8.29. The minimum absolute atomic E-state index is 0.102. The van der Waals surface area contributed by atoms with E-state index >= 15 is 0 Å². The number of hydrogen-bond donors (Lipinski definition) is 2. The molecule has 1 aliphatic carbocycles. The van der Waals surface area contributed by atoms with Gasteiger partial charge in [-0.05, 0) is 18.8 Å². The van der Waals surface area contributed by atoms with Gasteiger partial charge in [-0.25, -0.2) is 4.98 Å². The molecule has 0 amide bonds. The predicted molar refractivity (Wildman–Crippen MR) is 55.3 cm³/mol. The Bertz CT molecular complexity index is 360. The highest BCUT2D eigenvalue weighted by molar-refractivity contribution is 5.35. The molecule has 0 aromatic carbocycles. The van der Waals surface area contributed by atoms with Crippen molar-refractivity contribution in [3.05, 3.63) is 22.7 Å². The summed E-state index contributed by atoms with van der Waals surface area (Å²) in [6, 6.07) is 2.03. The van der Waals surface area contributed by atoms with E-state index in [4.69, 9.17) is 0 Å². The Labute approximate surface area is 82.8 Å². The maximum absolute atomic E-state index is 11.0. The van der Waals surface area contributed by atoms with Gasteiger partial charge < -0.3 is 10.3 Å². The van der Waals surface area contributed by atoms with Gasteiger partial charge in [-0.3, -0.25) is 4.79 Å². The first-order valence-electron chi connectivity index (χ1n) is 5.11. The lowest BCUT2D eigenvalue weighted by molar-refractivity contribution is 0.692. The molecule has 4 heteroatoms. The molecule has 1 aromatic rings. The van der Waals surface area contributed by atoms with E-state index in [1.807, 2.05) is 0 Å². The van der Waals surface area contributed by atoms with E-state index in [0.717, 1.165) is 5.92 Å². The van der Waals surface area contributed by atoms with Gasteiger partial charge in [-0.1, -0.05) is 13.3 Å². The van der Waals surface area contributed by atoms with Crippen molar-refractivity contribution in [2.24, 2.45) is 5.92 Å². The maximum atomic E-state index is 11.0. The van der Waals surface area contributed by atoms with Gasteiger partial charge in [0, 0.05) is 12.1 Å². The van der Waals surface area contributed by atoms with E-state index in [9.17, 15) is 4.79 Å². The van der Waals surface area contributed by atoms with Crippen LogP contribution in [0.2, 0.25) is 0 Å². The van der Waals surface area contributed by atoms with Gasteiger partial charge in [0.15, 0.2) is 0 Å². The number of anilines is 1. The molecule has 4 nitrogen and oxygen atoms in total. The molecular formula is C10H15N3O. The molecule has 14 heavy (non-hydrogen) atoms. The van der Waals surface area contributed by atoms with Crippen molar-refractivity contribution in [3.8, 4) is 0 Å². The summed E-state index contributed by atoms with van der Waals surface area (Å²) in [4.78, 5) is 17.5. The molecule has 2 atom stereocenters. The molecule has 2 unspecified atom stereocenters. The van der Waals surface area contributed by atoms with Gasteiger partial charge in [0.1, 0.15) is 5.82 Å². The van der Waals surface area contributed by atoms with Crippen LogP contribution in [0.25, 0.3) is 0 Å². The number of H-pyrrole nitrogens is 1. The van der Waals surface area contributed by atoms with E-state index in [0.29, 0.717) is 11.9 Å². The minimum Gasteiger partial charge on any atom is -0.367 e. The second-order valence-electron chi connectivity index (χ2n) is 3.83. The fourth-order valence-corrected chi connectivity index (χ4v) is 1.75. The van der Waals surface area contributed by atoms with Crippen LogP contribution in [-0.2, 0) is 0 Å². The third kappa shape index (κ3) is 2.13. The quantitative estimate of drug-likeness (QED) is 0.759. The standard InChI is InChI=1S/C10H15N3O/c1-2-3-7-4-8(7)13-9-5-10(14)12-6-11-9/h5-8H,2-4H2,1H3,(H2,11,12,13,14). The molecule has 1 saturated carbocycles. The highest BCUT2D eigenvalue weighted by Crippen LogP contribution is 2.36. The summed E-state index contributed by atoms with van der Waals surface area (Å²) in [6.07, 6.45) is 5.14. The van der Waals surface area contributed by atoms with Gasteiger partial charge in [0.25, 0.3) is 5.56 Å². The van der Waals surface area contributed by atoms with Crippen LogP contribution in [0.3, 0.4) is 0 Å². The molecule has 0 aliphatic heterocycles. The van der Waals surface area contributed by atoms with E-state index in [-0.39, 0.29) is 5.56 Å². The average molecular weight is 193 g/mol. The average Bonchev–Trinajstić information content (AvgIpc) is 2.84. The molecule has 76 valence electrons. The summed E-state index contributed by atoms with van der Waals surface area (Å²) < 4.78 is 0. The Balaban J connectivity index is 1.90. The van der Waals surface area contributed by atoms with Crippen LogP contribution >= 0.6 is 0 Å². The Morgan fingerprint density at radius 3 is 3.29 bits per heavy atom. The predicted octanol–water partition coefficient (Wildman–Crippen LogP) is 1.37. The second kappa shape index (κ2) is 3.82. The molecule has 1 fully saturated rings. The molecule has 0 spiro atoms. The number of hydrogen-bond acceptors (Lipinski definition) is 3. The molecule has 2 N–H and O–H groups in total. The Morgan fingerprint density at radius 1 is 1.71 bits per heavy atom. The van der Waals surface area contributed by atoms with Crippen molar-refractivity contribution in [2.75, 3.05) is 5.32 Å². The summed E-state index contributed by atoms with van der Waals surface area (Å²) in [5.74, 6) is 1.47. The Kier molecular flexibility index (Phi) is 2.52. The zero-order chi connectivity index (χ0) is 9.97. The van der Waals surface area contributed by atoms with Crippen LogP contribution in [0.5, 0.6) is 0 Å². The van der Waals surface area contributed by atoms with Crippen molar-refractivity contribution < 1.29 is 0 Å². The van der Waals surface area contributed by atoms with Crippen molar-refractivity contribution in [1.82, 2.24) is 9.97 Å². The second-order valence-corrected chi connectivity index (χ2v) is 3.83. The fourth-order valence-electron chi connectivity index (χ4n) is 1.75. The van der Waals surface area contributed by atoms with Crippen molar-refractivity contribution in [3.63, 3.8) is 0 Å². The molecule has 1 aromatic heterocycles. The molecule has 1 aliphatic rings. The minimum atomic E-state index is -0.102. The van der Waals surface area contributed by atoms with Crippen molar-refractivity contribution >= 4 is 5.82 Å². The first-order valence-corrected chi connectivity index (χ1v) is 5.11. The van der Waals surface area contributed by atoms with Crippen LogP contribution in [0, 0.1) is 5.92 Å². The summed E-state index contributed by atoms with van der Waals surface area (Å²) in [7, 11) is 0. The largest absolute Gasteiger partial charge is 0.367 e. The number of rotatable bonds is 4. The van der Waals surface area contributed by atoms with E-state index < -0.39 is 0 Å². The van der Waals surface area contributed by atoms with Gasteiger partial charge in [-0.15, -0.1) is 0 Å². The molecule has 2 rings (SSSR count). The van der Waals surface area contributed by atoms with Crippen LogP contribution in [0.15, 0.2) is 17.2 Å². The summed E-state index contributed by atoms with van der Waals surface area (Å²) >= 11 is 0. The highest BCUT2D eigenvalue weighted by Gasteiger charge is 2.36. The van der Waals surface area contributed by atoms with E-state index in [2.05, 4.69) is 22.2 Å². The molecule has 0 radical (unpaired) electrons. The fraction of sp³-hybridized carbons (Fsp3) is 0.600. The smallest absolute Gasteiger partial charge is 0.252 e. The highest BCUT2D eigenvalue weighted by atomic mass is 16.1. The number of aromatic amines is 1. The van der Waals surface area contributed by atoms with Crippen LogP contribution in [0.1, 0.15) is 26.2 Å². The number of aromatic nitrogens is 2. The first-order chi connectivity index (χ1) is 6.79. The van der Waals surface area contributed by atoms with Gasteiger partial charge in [0.05, 0.1) is 6.33 Å². The lowest BCUT2D eigenvalue weighted by Crippen LogP contribution is -2.11. The lowest BCUT2D eigenvalue weighted by Gasteiger charge is -2.02.